The first-order valence-corrected chi connectivity index (χ1v) is 6.50. The smallest absolute Gasteiger partial charge is 0.104 e. The van der Waals surface area contributed by atoms with Crippen LogP contribution < -0.4 is 0 Å². The second-order valence-electron chi connectivity index (χ2n) is 3.94. The predicted octanol–water partition coefficient (Wildman–Crippen LogP) is 2.55. The number of thiophene rings is 1. The van der Waals surface area contributed by atoms with Crippen molar-refractivity contribution in [1.29, 1.82) is 0 Å². The van der Waals surface area contributed by atoms with E-state index < -0.39 is 0 Å². The van der Waals surface area contributed by atoms with E-state index in [1.54, 1.807) is 11.3 Å². The number of ether oxygens (including phenoxy) is 1. The van der Waals surface area contributed by atoms with Gasteiger partial charge in [0, 0.05) is 4.88 Å². The lowest BCUT2D eigenvalue weighted by atomic mass is 10.3. The second-order valence-corrected chi connectivity index (χ2v) is 5.11. The maximum atomic E-state index is 8.59. The van der Waals surface area contributed by atoms with E-state index in [-0.39, 0.29) is 6.61 Å². The van der Waals surface area contributed by atoms with Crippen molar-refractivity contribution < 1.29 is 9.84 Å². The van der Waals surface area contributed by atoms with Crippen LogP contribution in [-0.4, -0.2) is 17.8 Å². The highest BCUT2D eigenvalue weighted by molar-refractivity contribution is 7.12. The van der Waals surface area contributed by atoms with Crippen molar-refractivity contribution >= 4 is 11.3 Å². The lowest BCUT2D eigenvalue weighted by Gasteiger charge is -2.09. The summed E-state index contributed by atoms with van der Waals surface area (Å²) in [6.07, 6.45) is 5.50. The van der Waals surface area contributed by atoms with Crippen LogP contribution in [0.25, 0.3) is 0 Å². The van der Waals surface area contributed by atoms with Gasteiger partial charge in [-0.1, -0.05) is 24.7 Å². The second kappa shape index (κ2) is 6.05. The van der Waals surface area contributed by atoms with Gasteiger partial charge in [0.05, 0.1) is 17.6 Å². The fourth-order valence-corrected chi connectivity index (χ4v) is 2.71. The summed E-state index contributed by atoms with van der Waals surface area (Å²) in [5.74, 6) is 5.56. The molecule has 1 aromatic heterocycles. The standard InChI is InChI=1S/C13H16O2S/c14-9-3-6-12-7-8-13(16-12)10-15-11-4-1-2-5-11/h7-8,11,14H,1-2,4-5,9-10H2. The summed E-state index contributed by atoms with van der Waals surface area (Å²) in [4.78, 5) is 2.22. The Morgan fingerprint density at radius 2 is 2.19 bits per heavy atom. The molecule has 2 rings (SSSR count). The van der Waals surface area contributed by atoms with Crippen molar-refractivity contribution in [3.05, 3.63) is 21.9 Å². The van der Waals surface area contributed by atoms with Gasteiger partial charge in [0.25, 0.3) is 0 Å². The minimum absolute atomic E-state index is 0.0776. The Bertz CT molecular complexity index is 380. The molecular formula is C13H16O2S. The van der Waals surface area contributed by atoms with Gasteiger partial charge in [-0.3, -0.25) is 0 Å². The van der Waals surface area contributed by atoms with Gasteiger partial charge in [-0.05, 0) is 25.0 Å². The minimum atomic E-state index is -0.0776. The molecule has 0 unspecified atom stereocenters. The zero-order chi connectivity index (χ0) is 11.2. The van der Waals surface area contributed by atoms with E-state index in [9.17, 15) is 0 Å². The van der Waals surface area contributed by atoms with Crippen molar-refractivity contribution in [2.24, 2.45) is 0 Å². The Kier molecular flexibility index (Phi) is 4.41. The van der Waals surface area contributed by atoms with Crippen LogP contribution in [0.5, 0.6) is 0 Å². The molecule has 0 amide bonds. The number of hydrogen-bond donors (Lipinski definition) is 1. The quantitative estimate of drug-likeness (QED) is 0.817. The topological polar surface area (TPSA) is 29.5 Å². The summed E-state index contributed by atoms with van der Waals surface area (Å²) in [7, 11) is 0. The maximum absolute atomic E-state index is 8.59. The molecule has 1 aromatic rings. The molecule has 1 heterocycles. The van der Waals surface area contributed by atoms with Crippen LogP contribution >= 0.6 is 11.3 Å². The molecule has 1 fully saturated rings. The Morgan fingerprint density at radius 1 is 1.38 bits per heavy atom. The number of aliphatic hydroxyl groups excluding tert-OH is 1. The van der Waals surface area contributed by atoms with Crippen molar-refractivity contribution in [3.8, 4) is 11.8 Å². The molecule has 1 N–H and O–H groups in total. The number of aliphatic hydroxyl groups is 1. The van der Waals surface area contributed by atoms with Gasteiger partial charge >= 0.3 is 0 Å². The van der Waals surface area contributed by atoms with Crippen LogP contribution in [0.4, 0.5) is 0 Å². The van der Waals surface area contributed by atoms with E-state index in [0.29, 0.717) is 12.7 Å². The lowest BCUT2D eigenvalue weighted by Crippen LogP contribution is -2.06. The Balaban J connectivity index is 1.82. The van der Waals surface area contributed by atoms with Crippen molar-refractivity contribution in [3.63, 3.8) is 0 Å². The lowest BCUT2D eigenvalue weighted by molar-refractivity contribution is 0.0473. The van der Waals surface area contributed by atoms with Gasteiger partial charge in [-0.25, -0.2) is 0 Å². The summed E-state index contributed by atoms with van der Waals surface area (Å²) < 4.78 is 5.82. The van der Waals surface area contributed by atoms with E-state index in [1.807, 2.05) is 6.07 Å². The number of hydrogen-bond acceptors (Lipinski definition) is 3. The molecule has 86 valence electrons. The Morgan fingerprint density at radius 3 is 2.94 bits per heavy atom. The molecule has 0 saturated heterocycles. The van der Waals surface area contributed by atoms with Crippen LogP contribution in [0.1, 0.15) is 35.4 Å². The fourth-order valence-electron chi connectivity index (χ4n) is 1.90. The van der Waals surface area contributed by atoms with Gasteiger partial charge < -0.3 is 9.84 Å². The van der Waals surface area contributed by atoms with Crippen LogP contribution in [0.3, 0.4) is 0 Å². The third-order valence-corrected chi connectivity index (χ3v) is 3.69. The van der Waals surface area contributed by atoms with E-state index in [2.05, 4.69) is 17.9 Å². The van der Waals surface area contributed by atoms with Crippen LogP contribution in [0, 0.1) is 11.8 Å². The maximum Gasteiger partial charge on any atom is 0.104 e. The summed E-state index contributed by atoms with van der Waals surface area (Å²) in [5, 5.41) is 8.59. The first kappa shape index (κ1) is 11.7. The summed E-state index contributed by atoms with van der Waals surface area (Å²) in [5.41, 5.74) is 0. The molecule has 16 heavy (non-hydrogen) atoms. The molecule has 0 radical (unpaired) electrons. The van der Waals surface area contributed by atoms with Gasteiger partial charge in [-0.2, -0.15) is 0 Å². The van der Waals surface area contributed by atoms with E-state index in [0.717, 1.165) is 4.88 Å². The molecule has 1 saturated carbocycles. The molecule has 0 bridgehead atoms. The SMILES string of the molecule is OCC#Cc1ccc(COC2CCCC2)s1. The van der Waals surface area contributed by atoms with Crippen LogP contribution in [0.2, 0.25) is 0 Å². The Labute approximate surface area is 100 Å². The van der Waals surface area contributed by atoms with Crippen molar-refractivity contribution in [2.45, 2.75) is 38.4 Å². The van der Waals surface area contributed by atoms with Gasteiger partial charge in [-0.15, -0.1) is 11.3 Å². The third-order valence-electron chi connectivity index (χ3n) is 2.72. The highest BCUT2D eigenvalue weighted by Gasteiger charge is 2.15. The average Bonchev–Trinajstić information content (AvgIpc) is 2.95. The van der Waals surface area contributed by atoms with Gasteiger partial charge in [0.2, 0.25) is 0 Å². The van der Waals surface area contributed by atoms with Crippen LogP contribution in [-0.2, 0) is 11.3 Å². The summed E-state index contributed by atoms with van der Waals surface area (Å²) in [6, 6.07) is 4.04. The zero-order valence-electron chi connectivity index (χ0n) is 9.24. The third kappa shape index (κ3) is 3.34. The van der Waals surface area contributed by atoms with E-state index in [1.165, 1.54) is 30.6 Å². The van der Waals surface area contributed by atoms with Gasteiger partial charge in [0.1, 0.15) is 6.61 Å². The molecule has 1 aliphatic carbocycles. The monoisotopic (exact) mass is 236 g/mol. The minimum Gasteiger partial charge on any atom is -0.384 e. The Hall–Kier alpha value is -0.820. The molecule has 1 aliphatic rings. The highest BCUT2D eigenvalue weighted by Crippen LogP contribution is 2.23. The molecular weight excluding hydrogens is 220 g/mol. The molecule has 3 heteroatoms. The van der Waals surface area contributed by atoms with Crippen LogP contribution in [0.15, 0.2) is 12.1 Å². The van der Waals surface area contributed by atoms with E-state index >= 15 is 0 Å². The van der Waals surface area contributed by atoms with E-state index in [4.69, 9.17) is 9.84 Å². The summed E-state index contributed by atoms with van der Waals surface area (Å²) >= 11 is 1.65. The molecule has 2 nitrogen and oxygen atoms in total. The first-order chi connectivity index (χ1) is 7.88. The zero-order valence-corrected chi connectivity index (χ0v) is 10.1. The average molecular weight is 236 g/mol. The fraction of sp³-hybridized carbons (Fsp3) is 0.538. The first-order valence-electron chi connectivity index (χ1n) is 5.68. The largest absolute Gasteiger partial charge is 0.384 e. The van der Waals surface area contributed by atoms with Crippen molar-refractivity contribution in [2.75, 3.05) is 6.61 Å². The normalized spacial score (nSPS) is 16.1. The summed E-state index contributed by atoms with van der Waals surface area (Å²) in [6.45, 7) is 0.627. The highest BCUT2D eigenvalue weighted by atomic mass is 32.1. The predicted molar refractivity (Wildman–Crippen MR) is 65.3 cm³/mol. The number of rotatable bonds is 3. The molecule has 0 aliphatic heterocycles. The molecule has 0 aromatic carbocycles. The van der Waals surface area contributed by atoms with Crippen molar-refractivity contribution in [1.82, 2.24) is 0 Å². The van der Waals surface area contributed by atoms with Gasteiger partial charge in [0.15, 0.2) is 0 Å². The molecule has 0 atom stereocenters. The molecule has 0 spiro atoms.